The first kappa shape index (κ1) is 13.4. The minimum Gasteiger partial charge on any atom is -0.465 e. The molecule has 0 saturated carbocycles. The van der Waals surface area contributed by atoms with E-state index >= 15 is 0 Å². The largest absolute Gasteiger partial charge is 0.465 e. The molecule has 0 amide bonds. The van der Waals surface area contributed by atoms with E-state index in [0.29, 0.717) is 16.8 Å². The molecule has 106 valence electrons. The van der Waals surface area contributed by atoms with E-state index in [0.717, 1.165) is 16.8 Å². The zero-order valence-electron chi connectivity index (χ0n) is 12.1. The predicted octanol–water partition coefficient (Wildman–Crippen LogP) is 3.09. The Morgan fingerprint density at radius 2 is 1.81 bits per heavy atom. The third-order valence-electron chi connectivity index (χ3n) is 3.89. The molecular weight excluding hydrogens is 266 g/mol. The normalized spacial score (nSPS) is 13.1. The zero-order valence-corrected chi connectivity index (χ0v) is 12.1. The van der Waals surface area contributed by atoms with E-state index in [-0.39, 0.29) is 5.91 Å². The van der Waals surface area contributed by atoms with Gasteiger partial charge in [-0.3, -0.25) is 9.36 Å². The molecule has 1 aromatic carbocycles. The van der Waals surface area contributed by atoms with Crippen LogP contribution in [-0.2, 0) is 4.74 Å². The van der Waals surface area contributed by atoms with Crippen molar-refractivity contribution in [2.75, 3.05) is 7.11 Å². The molecule has 4 nitrogen and oxygen atoms in total. The van der Waals surface area contributed by atoms with Crippen LogP contribution in [0.2, 0.25) is 0 Å². The summed E-state index contributed by atoms with van der Waals surface area (Å²) in [5.41, 5.74) is 4.17. The summed E-state index contributed by atoms with van der Waals surface area (Å²) in [4.78, 5) is 24.5. The van der Waals surface area contributed by atoms with Gasteiger partial charge in [0.15, 0.2) is 0 Å². The van der Waals surface area contributed by atoms with E-state index in [1.165, 1.54) is 7.11 Å². The molecule has 0 spiro atoms. The minimum atomic E-state index is -0.408. The Morgan fingerprint density at radius 1 is 1.14 bits per heavy atom. The molecule has 0 aliphatic carbocycles. The second-order valence-corrected chi connectivity index (χ2v) is 5.03. The van der Waals surface area contributed by atoms with E-state index in [9.17, 15) is 9.59 Å². The van der Waals surface area contributed by atoms with Crippen LogP contribution >= 0.6 is 0 Å². The summed E-state index contributed by atoms with van der Waals surface area (Å²) >= 11 is 0. The maximum absolute atomic E-state index is 12.6. The Hall–Kier alpha value is -2.62. The first-order valence-corrected chi connectivity index (χ1v) is 6.68. The standard InChI is InChI=1S/C17H15NO3/c1-10-14-9-13(12-7-5-4-6-8-12)16(19)18(14)11(2)15(10)17(20)21-3/h4-9H,1-3H3. The van der Waals surface area contributed by atoms with Crippen LogP contribution in [0, 0.1) is 13.8 Å². The number of methoxy groups -OCH3 is 1. The zero-order chi connectivity index (χ0) is 15.1. The highest BCUT2D eigenvalue weighted by atomic mass is 16.5. The quantitative estimate of drug-likeness (QED) is 0.795. The van der Waals surface area contributed by atoms with E-state index in [1.54, 1.807) is 11.5 Å². The average molecular weight is 281 g/mol. The van der Waals surface area contributed by atoms with Crippen LogP contribution in [0.25, 0.3) is 11.6 Å². The third-order valence-corrected chi connectivity index (χ3v) is 3.89. The van der Waals surface area contributed by atoms with Gasteiger partial charge in [0.25, 0.3) is 5.91 Å². The molecule has 0 saturated heterocycles. The number of nitrogens with zero attached hydrogens (tertiary/aromatic N) is 1. The molecule has 21 heavy (non-hydrogen) atoms. The maximum atomic E-state index is 12.6. The summed E-state index contributed by atoms with van der Waals surface area (Å²) in [7, 11) is 1.34. The highest BCUT2D eigenvalue weighted by molar-refractivity contribution is 6.29. The molecule has 2 aromatic rings. The number of aromatic nitrogens is 1. The monoisotopic (exact) mass is 281 g/mol. The van der Waals surface area contributed by atoms with Crippen molar-refractivity contribution in [2.45, 2.75) is 13.8 Å². The summed E-state index contributed by atoms with van der Waals surface area (Å²) in [6, 6.07) is 9.52. The van der Waals surface area contributed by atoms with E-state index in [2.05, 4.69) is 0 Å². The van der Waals surface area contributed by atoms with E-state index in [1.807, 2.05) is 43.3 Å². The number of hydrogen-bond acceptors (Lipinski definition) is 3. The molecule has 3 rings (SSSR count). The van der Waals surface area contributed by atoms with Gasteiger partial charge in [0.05, 0.1) is 18.4 Å². The number of fused-ring (bicyclic) bond motifs is 1. The fourth-order valence-corrected chi connectivity index (χ4v) is 2.84. The molecule has 1 aliphatic rings. The Balaban J connectivity index is 2.17. The van der Waals surface area contributed by atoms with Gasteiger partial charge in [-0.25, -0.2) is 4.79 Å². The molecule has 0 bridgehead atoms. The number of ether oxygens (including phenoxy) is 1. The topological polar surface area (TPSA) is 48.3 Å². The van der Waals surface area contributed by atoms with Gasteiger partial charge in [-0.15, -0.1) is 0 Å². The Morgan fingerprint density at radius 3 is 2.38 bits per heavy atom. The van der Waals surface area contributed by atoms with Gasteiger partial charge < -0.3 is 4.74 Å². The van der Waals surface area contributed by atoms with Gasteiger partial charge in [0.1, 0.15) is 0 Å². The lowest BCUT2D eigenvalue weighted by Crippen LogP contribution is -2.12. The smallest absolute Gasteiger partial charge is 0.339 e. The van der Waals surface area contributed by atoms with E-state index < -0.39 is 5.97 Å². The number of benzene rings is 1. The van der Waals surface area contributed by atoms with Crippen molar-refractivity contribution in [2.24, 2.45) is 0 Å². The summed E-state index contributed by atoms with van der Waals surface area (Å²) in [5.74, 6) is -0.513. The van der Waals surface area contributed by atoms with Crippen LogP contribution in [0.1, 0.15) is 37.7 Å². The van der Waals surface area contributed by atoms with Gasteiger partial charge in [-0.1, -0.05) is 30.3 Å². The molecule has 1 aromatic heterocycles. The lowest BCUT2D eigenvalue weighted by molar-refractivity contribution is 0.0599. The van der Waals surface area contributed by atoms with Gasteiger partial charge in [0.2, 0.25) is 0 Å². The van der Waals surface area contributed by atoms with Gasteiger partial charge in [-0.2, -0.15) is 0 Å². The lowest BCUT2D eigenvalue weighted by Gasteiger charge is -2.05. The summed E-state index contributed by atoms with van der Waals surface area (Å²) < 4.78 is 6.38. The average Bonchev–Trinajstić information content (AvgIpc) is 2.96. The second kappa shape index (κ2) is 4.74. The maximum Gasteiger partial charge on any atom is 0.339 e. The van der Waals surface area contributed by atoms with Crippen LogP contribution in [0.15, 0.2) is 30.3 Å². The number of esters is 1. The second-order valence-electron chi connectivity index (χ2n) is 5.03. The fourth-order valence-electron chi connectivity index (χ4n) is 2.84. The van der Waals surface area contributed by atoms with Crippen molar-refractivity contribution >= 4 is 23.5 Å². The molecule has 0 N–H and O–H groups in total. The van der Waals surface area contributed by atoms with Crippen molar-refractivity contribution < 1.29 is 14.3 Å². The van der Waals surface area contributed by atoms with Gasteiger partial charge >= 0.3 is 5.97 Å². The molecule has 0 fully saturated rings. The summed E-state index contributed by atoms with van der Waals surface area (Å²) in [6.45, 7) is 3.60. The summed E-state index contributed by atoms with van der Waals surface area (Å²) in [5, 5.41) is 0. The van der Waals surface area contributed by atoms with Crippen LogP contribution in [0.5, 0.6) is 0 Å². The summed E-state index contributed by atoms with van der Waals surface area (Å²) in [6.07, 6.45) is 1.84. The van der Waals surface area contributed by atoms with Crippen LogP contribution in [0.4, 0.5) is 0 Å². The molecule has 0 unspecified atom stereocenters. The lowest BCUT2D eigenvalue weighted by atomic mass is 10.0. The molecule has 2 heterocycles. The van der Waals surface area contributed by atoms with Gasteiger partial charge in [0, 0.05) is 11.3 Å². The molecule has 0 atom stereocenters. The third kappa shape index (κ3) is 1.83. The van der Waals surface area contributed by atoms with Crippen molar-refractivity contribution in [1.82, 2.24) is 4.57 Å². The molecule has 1 aliphatic heterocycles. The SMILES string of the molecule is COC(=O)c1c(C)c2n(c1C)C(=O)C(c1ccccc1)=C2. The highest BCUT2D eigenvalue weighted by Gasteiger charge is 2.31. The van der Waals surface area contributed by atoms with Crippen LogP contribution < -0.4 is 0 Å². The van der Waals surface area contributed by atoms with Crippen molar-refractivity contribution in [1.29, 1.82) is 0 Å². The number of carbonyl (C=O) groups excluding carboxylic acids is 2. The van der Waals surface area contributed by atoms with Crippen LogP contribution in [0.3, 0.4) is 0 Å². The number of rotatable bonds is 2. The highest BCUT2D eigenvalue weighted by Crippen LogP contribution is 2.34. The molecule has 4 heteroatoms. The number of hydrogen-bond donors (Lipinski definition) is 0. The Kier molecular flexibility index (Phi) is 3.01. The molecular formula is C17H15NO3. The first-order valence-electron chi connectivity index (χ1n) is 6.68. The van der Waals surface area contributed by atoms with Gasteiger partial charge in [-0.05, 0) is 31.1 Å². The first-order chi connectivity index (χ1) is 10.1. The van der Waals surface area contributed by atoms with Crippen molar-refractivity contribution in [3.05, 3.63) is 58.4 Å². The Bertz CT molecular complexity index is 782. The molecule has 0 radical (unpaired) electrons. The number of allylic oxidation sites excluding steroid dienone is 1. The minimum absolute atomic E-state index is 0.105. The van der Waals surface area contributed by atoms with Crippen molar-refractivity contribution in [3.63, 3.8) is 0 Å². The van der Waals surface area contributed by atoms with Crippen LogP contribution in [-0.4, -0.2) is 23.6 Å². The number of carbonyl (C=O) groups is 2. The predicted molar refractivity (Wildman–Crippen MR) is 80.2 cm³/mol. The van der Waals surface area contributed by atoms with E-state index in [4.69, 9.17) is 4.74 Å². The fraction of sp³-hybridized carbons (Fsp3) is 0.176. The van der Waals surface area contributed by atoms with Crippen molar-refractivity contribution in [3.8, 4) is 0 Å². The Labute approximate surface area is 122 Å².